The number of hydrogen-bond donors (Lipinski definition) is 0. The lowest BCUT2D eigenvalue weighted by molar-refractivity contribution is 0.0492. The van der Waals surface area contributed by atoms with Crippen molar-refractivity contribution in [3.63, 3.8) is 0 Å². The number of esters is 1. The fraction of sp³-hybridized carbons (Fsp3) is 0.500. The molecule has 0 bridgehead atoms. The molecule has 0 N–H and O–H groups in total. The summed E-state index contributed by atoms with van der Waals surface area (Å²) in [4.78, 5) is 11.6. The average Bonchev–Trinajstić information content (AvgIpc) is 2.36. The SMILES string of the molecule is CCCCCCCOC(=O)c1cc(Cl)ccc1F. The molecule has 0 aliphatic rings. The Bertz CT molecular complexity index is 393. The summed E-state index contributed by atoms with van der Waals surface area (Å²) in [5.74, 6) is -1.25. The second-order valence-electron chi connectivity index (χ2n) is 4.17. The van der Waals surface area contributed by atoms with Crippen LogP contribution in [0.3, 0.4) is 0 Å². The molecule has 0 radical (unpaired) electrons. The largest absolute Gasteiger partial charge is 0.462 e. The van der Waals surface area contributed by atoms with E-state index in [4.69, 9.17) is 16.3 Å². The molecule has 0 fully saturated rings. The second kappa shape index (κ2) is 8.09. The summed E-state index contributed by atoms with van der Waals surface area (Å²) in [5, 5.41) is 0.325. The highest BCUT2D eigenvalue weighted by atomic mass is 35.5. The summed E-state index contributed by atoms with van der Waals surface area (Å²) < 4.78 is 18.3. The van der Waals surface area contributed by atoms with Crippen LogP contribution in [0, 0.1) is 5.82 Å². The van der Waals surface area contributed by atoms with E-state index in [-0.39, 0.29) is 5.56 Å². The van der Waals surface area contributed by atoms with E-state index in [1.54, 1.807) is 0 Å². The zero-order valence-corrected chi connectivity index (χ0v) is 11.3. The summed E-state index contributed by atoms with van der Waals surface area (Å²) in [6.45, 7) is 2.47. The van der Waals surface area contributed by atoms with Crippen molar-refractivity contribution >= 4 is 17.6 Å². The molecule has 0 amide bonds. The number of rotatable bonds is 7. The Labute approximate surface area is 112 Å². The van der Waals surface area contributed by atoms with Gasteiger partial charge in [0.15, 0.2) is 0 Å². The van der Waals surface area contributed by atoms with Gasteiger partial charge >= 0.3 is 5.97 Å². The Morgan fingerprint density at radius 3 is 2.72 bits per heavy atom. The van der Waals surface area contributed by atoms with Crippen molar-refractivity contribution in [1.82, 2.24) is 0 Å². The van der Waals surface area contributed by atoms with Crippen LogP contribution in [0.1, 0.15) is 49.4 Å². The van der Waals surface area contributed by atoms with Crippen molar-refractivity contribution in [2.24, 2.45) is 0 Å². The van der Waals surface area contributed by atoms with Crippen molar-refractivity contribution in [1.29, 1.82) is 0 Å². The van der Waals surface area contributed by atoms with E-state index < -0.39 is 11.8 Å². The van der Waals surface area contributed by atoms with Gasteiger partial charge in [0.2, 0.25) is 0 Å². The van der Waals surface area contributed by atoms with E-state index >= 15 is 0 Å². The summed E-state index contributed by atoms with van der Waals surface area (Å²) in [5.41, 5.74) is -0.101. The predicted molar refractivity (Wildman–Crippen MR) is 70.5 cm³/mol. The minimum atomic E-state index is -0.648. The minimum absolute atomic E-state index is 0.101. The van der Waals surface area contributed by atoms with E-state index in [1.165, 1.54) is 31.0 Å². The maximum absolute atomic E-state index is 13.3. The second-order valence-corrected chi connectivity index (χ2v) is 4.61. The van der Waals surface area contributed by atoms with E-state index in [9.17, 15) is 9.18 Å². The Hall–Kier alpha value is -1.09. The van der Waals surface area contributed by atoms with Gasteiger partial charge in [-0.25, -0.2) is 9.18 Å². The summed E-state index contributed by atoms with van der Waals surface area (Å²) in [6.07, 6.45) is 5.34. The van der Waals surface area contributed by atoms with Crippen LogP contribution in [0.15, 0.2) is 18.2 Å². The Balaban J connectivity index is 2.34. The van der Waals surface area contributed by atoms with E-state index in [0.717, 1.165) is 19.3 Å². The van der Waals surface area contributed by atoms with Crippen LogP contribution in [-0.4, -0.2) is 12.6 Å². The molecule has 0 heterocycles. The third-order valence-electron chi connectivity index (χ3n) is 2.63. The quantitative estimate of drug-likeness (QED) is 0.535. The number of carbonyl (C=O) groups excluding carboxylic acids is 1. The number of hydrogen-bond acceptors (Lipinski definition) is 2. The number of ether oxygens (including phenoxy) is 1. The maximum atomic E-state index is 13.3. The van der Waals surface area contributed by atoms with Crippen LogP contribution in [-0.2, 0) is 4.74 Å². The van der Waals surface area contributed by atoms with Crippen molar-refractivity contribution in [2.45, 2.75) is 39.0 Å². The Morgan fingerprint density at radius 1 is 1.28 bits per heavy atom. The van der Waals surface area contributed by atoms with Crippen molar-refractivity contribution in [3.05, 3.63) is 34.6 Å². The summed E-state index contributed by atoms with van der Waals surface area (Å²) >= 11 is 5.70. The predicted octanol–water partition coefficient (Wildman–Crippen LogP) is 4.61. The molecule has 0 aromatic heterocycles. The molecular formula is C14H18ClFO2. The van der Waals surface area contributed by atoms with Gasteiger partial charge in [-0.15, -0.1) is 0 Å². The zero-order valence-electron chi connectivity index (χ0n) is 10.5. The average molecular weight is 273 g/mol. The van der Waals surface area contributed by atoms with Crippen LogP contribution >= 0.6 is 11.6 Å². The smallest absolute Gasteiger partial charge is 0.341 e. The number of benzene rings is 1. The van der Waals surface area contributed by atoms with Crippen molar-refractivity contribution in [3.8, 4) is 0 Å². The number of halogens is 2. The van der Waals surface area contributed by atoms with Crippen LogP contribution in [0.25, 0.3) is 0 Å². The molecule has 2 nitrogen and oxygen atoms in total. The lowest BCUT2D eigenvalue weighted by Gasteiger charge is -2.06. The third-order valence-corrected chi connectivity index (χ3v) is 2.86. The van der Waals surface area contributed by atoms with Crippen molar-refractivity contribution < 1.29 is 13.9 Å². The first-order chi connectivity index (χ1) is 8.65. The van der Waals surface area contributed by atoms with Gasteiger partial charge in [0.25, 0.3) is 0 Å². The summed E-state index contributed by atoms with van der Waals surface area (Å²) in [6, 6.07) is 3.86. The molecule has 100 valence electrons. The lowest BCUT2D eigenvalue weighted by Crippen LogP contribution is -2.08. The van der Waals surface area contributed by atoms with Gasteiger partial charge in [-0.2, -0.15) is 0 Å². The highest BCUT2D eigenvalue weighted by molar-refractivity contribution is 6.30. The molecule has 1 aromatic rings. The van der Waals surface area contributed by atoms with E-state index in [1.807, 2.05) is 0 Å². The van der Waals surface area contributed by atoms with Crippen LogP contribution in [0.2, 0.25) is 5.02 Å². The normalized spacial score (nSPS) is 10.4. The van der Waals surface area contributed by atoms with Gasteiger partial charge in [-0.1, -0.05) is 44.2 Å². The molecule has 18 heavy (non-hydrogen) atoms. The Kier molecular flexibility index (Phi) is 6.73. The van der Waals surface area contributed by atoms with E-state index in [0.29, 0.717) is 11.6 Å². The van der Waals surface area contributed by atoms with Crippen LogP contribution < -0.4 is 0 Å². The molecule has 0 unspecified atom stereocenters. The minimum Gasteiger partial charge on any atom is -0.462 e. The van der Waals surface area contributed by atoms with Gasteiger partial charge in [0.05, 0.1) is 12.2 Å². The van der Waals surface area contributed by atoms with Gasteiger partial charge in [-0.05, 0) is 24.6 Å². The molecular weight excluding hydrogens is 255 g/mol. The van der Waals surface area contributed by atoms with Gasteiger partial charge < -0.3 is 4.74 Å². The molecule has 0 aliphatic carbocycles. The first kappa shape index (κ1) is 15.0. The zero-order chi connectivity index (χ0) is 13.4. The van der Waals surface area contributed by atoms with Gasteiger partial charge in [0, 0.05) is 5.02 Å². The van der Waals surface area contributed by atoms with Crippen LogP contribution in [0.4, 0.5) is 4.39 Å². The molecule has 0 saturated carbocycles. The van der Waals surface area contributed by atoms with Crippen LogP contribution in [0.5, 0.6) is 0 Å². The number of carbonyl (C=O) groups is 1. The molecule has 0 spiro atoms. The molecule has 0 saturated heterocycles. The van der Waals surface area contributed by atoms with Crippen molar-refractivity contribution in [2.75, 3.05) is 6.61 Å². The third kappa shape index (κ3) is 5.05. The standard InChI is InChI=1S/C14H18ClFO2/c1-2-3-4-5-6-9-18-14(17)12-10-11(15)7-8-13(12)16/h7-8,10H,2-6,9H2,1H3. The maximum Gasteiger partial charge on any atom is 0.341 e. The topological polar surface area (TPSA) is 26.3 Å². The Morgan fingerprint density at radius 2 is 2.00 bits per heavy atom. The highest BCUT2D eigenvalue weighted by Gasteiger charge is 2.13. The molecule has 4 heteroatoms. The highest BCUT2D eigenvalue weighted by Crippen LogP contribution is 2.16. The first-order valence-corrected chi connectivity index (χ1v) is 6.65. The monoisotopic (exact) mass is 272 g/mol. The van der Waals surface area contributed by atoms with E-state index in [2.05, 4.69) is 6.92 Å². The summed E-state index contributed by atoms with van der Waals surface area (Å²) in [7, 11) is 0. The number of unbranched alkanes of at least 4 members (excludes halogenated alkanes) is 4. The molecule has 1 aromatic carbocycles. The molecule has 0 atom stereocenters. The molecule has 0 aliphatic heterocycles. The fourth-order valence-electron chi connectivity index (χ4n) is 1.60. The molecule has 1 rings (SSSR count). The van der Waals surface area contributed by atoms with Gasteiger partial charge in [0.1, 0.15) is 5.82 Å². The lowest BCUT2D eigenvalue weighted by atomic mass is 10.2. The fourth-order valence-corrected chi connectivity index (χ4v) is 1.77. The first-order valence-electron chi connectivity index (χ1n) is 6.27. The van der Waals surface area contributed by atoms with Gasteiger partial charge in [-0.3, -0.25) is 0 Å².